The van der Waals surface area contributed by atoms with Gasteiger partial charge in [0.1, 0.15) is 17.2 Å². The summed E-state index contributed by atoms with van der Waals surface area (Å²) in [5.41, 5.74) is -1.36. The van der Waals surface area contributed by atoms with E-state index in [9.17, 15) is 25.6 Å². The Balaban J connectivity index is 1.44. The lowest BCUT2D eigenvalue weighted by Gasteiger charge is -2.43. The number of hydrogen-bond donors (Lipinski definition) is 0. The van der Waals surface area contributed by atoms with Gasteiger partial charge in [-0.3, -0.25) is 0 Å². The number of benzene rings is 1. The summed E-state index contributed by atoms with van der Waals surface area (Å²) in [4.78, 5) is 11.0. The molecule has 2 aliphatic rings. The second-order valence-corrected chi connectivity index (χ2v) is 15.5. The Hall–Kier alpha value is -3.31. The van der Waals surface area contributed by atoms with Crippen molar-refractivity contribution in [2.45, 2.75) is 46.8 Å². The Morgan fingerprint density at radius 2 is 1.68 bits per heavy atom. The van der Waals surface area contributed by atoms with Gasteiger partial charge in [0.2, 0.25) is 14.2 Å². The van der Waals surface area contributed by atoms with E-state index in [1.54, 1.807) is 9.80 Å². The number of thiazole rings is 1. The summed E-state index contributed by atoms with van der Waals surface area (Å²) in [7, 11) is -8.66. The number of hydrogen-bond acceptors (Lipinski definition) is 10. The van der Waals surface area contributed by atoms with Gasteiger partial charge in [0.15, 0.2) is 28.3 Å². The van der Waals surface area contributed by atoms with E-state index in [-0.39, 0.29) is 36.7 Å². The van der Waals surface area contributed by atoms with Crippen molar-refractivity contribution < 1.29 is 34.4 Å². The Kier molecular flexibility index (Phi) is 6.35. The molecule has 1 saturated carbocycles. The highest BCUT2D eigenvalue weighted by molar-refractivity contribution is 7.94. The van der Waals surface area contributed by atoms with E-state index >= 15 is 8.78 Å². The van der Waals surface area contributed by atoms with Gasteiger partial charge in [0.25, 0.3) is 0 Å². The number of halogens is 4. The predicted octanol–water partition coefficient (Wildman–Crippen LogP) is 3.72. The summed E-state index contributed by atoms with van der Waals surface area (Å²) in [5.74, 6) is -3.82. The van der Waals surface area contributed by atoms with Crippen LogP contribution in [0.3, 0.4) is 0 Å². The molecule has 3 aromatic heterocycles. The Labute approximate surface area is 236 Å². The number of piperazine rings is 1. The van der Waals surface area contributed by atoms with E-state index in [4.69, 9.17) is 0 Å². The molecule has 1 spiro atoms. The summed E-state index contributed by atoms with van der Waals surface area (Å²) in [6.07, 6.45) is 2.03. The average Bonchev–Trinajstić information content (AvgIpc) is 3.31. The maximum Gasteiger partial charge on any atom is 0.302 e. The zero-order valence-corrected chi connectivity index (χ0v) is 24.0. The Morgan fingerprint density at radius 3 is 2.34 bits per heavy atom. The average molecular weight is 631 g/mol. The standard InChI is InChI=1S/C24H22F4N6O4S3/c1-13(2)40(35,36)23-30-18(11-39-23)41(37,38)34-20-16(27)4-3-15(26)19(20)22(31-34)33-8-7-32(12-24(33)5-6-24)21-17(28)9-14(25)10-29-21/h3-4,9-11,13H,5-8,12H2,1-2H3. The molecule has 17 heteroatoms. The van der Waals surface area contributed by atoms with E-state index in [1.165, 1.54) is 13.8 Å². The fraction of sp³-hybridized carbons (Fsp3) is 0.375. The zero-order valence-electron chi connectivity index (χ0n) is 21.6. The predicted molar refractivity (Wildman–Crippen MR) is 142 cm³/mol. The molecule has 0 N–H and O–H groups in total. The maximum absolute atomic E-state index is 15.3. The van der Waals surface area contributed by atoms with Crippen LogP contribution in [0.5, 0.6) is 0 Å². The molecule has 1 saturated heterocycles. The molecule has 10 nitrogen and oxygen atoms in total. The zero-order chi connectivity index (χ0) is 29.5. The van der Waals surface area contributed by atoms with Crippen LogP contribution < -0.4 is 9.80 Å². The molecule has 0 bridgehead atoms. The molecule has 1 aliphatic heterocycles. The van der Waals surface area contributed by atoms with E-state index in [0.29, 0.717) is 28.3 Å². The summed E-state index contributed by atoms with van der Waals surface area (Å²) in [6.45, 7) is 3.31. The van der Waals surface area contributed by atoms with E-state index in [1.807, 2.05) is 0 Å². The van der Waals surface area contributed by atoms with Crippen LogP contribution in [0.2, 0.25) is 0 Å². The second kappa shape index (κ2) is 9.35. The van der Waals surface area contributed by atoms with Crippen LogP contribution in [-0.2, 0) is 19.9 Å². The third-order valence-corrected chi connectivity index (χ3v) is 12.4. The van der Waals surface area contributed by atoms with Gasteiger partial charge in [0.05, 0.1) is 22.4 Å². The van der Waals surface area contributed by atoms with Gasteiger partial charge in [-0.15, -0.1) is 20.5 Å². The molecule has 41 heavy (non-hydrogen) atoms. The highest BCUT2D eigenvalue weighted by Crippen LogP contribution is 2.49. The first-order valence-electron chi connectivity index (χ1n) is 12.4. The van der Waals surface area contributed by atoms with Crippen molar-refractivity contribution in [3.05, 3.63) is 53.0 Å². The third-order valence-electron chi connectivity index (χ3n) is 7.32. The van der Waals surface area contributed by atoms with Gasteiger partial charge < -0.3 is 9.80 Å². The lowest BCUT2D eigenvalue weighted by Crippen LogP contribution is -2.56. The number of rotatable bonds is 6. The lowest BCUT2D eigenvalue weighted by molar-refractivity contribution is 0.489. The van der Waals surface area contributed by atoms with Crippen LogP contribution >= 0.6 is 11.3 Å². The first kappa shape index (κ1) is 27.8. The number of fused-ring (bicyclic) bond motifs is 1. The molecule has 0 amide bonds. The van der Waals surface area contributed by atoms with Crippen LogP contribution in [0.15, 0.2) is 39.1 Å². The van der Waals surface area contributed by atoms with Crippen molar-refractivity contribution in [1.82, 2.24) is 19.2 Å². The Bertz CT molecular complexity index is 1920. The molecule has 0 radical (unpaired) electrons. The minimum absolute atomic E-state index is 0.0526. The molecule has 4 aromatic rings. The van der Waals surface area contributed by atoms with Crippen molar-refractivity contribution in [1.29, 1.82) is 0 Å². The summed E-state index contributed by atoms with van der Waals surface area (Å²) in [6, 6.07) is 2.37. The van der Waals surface area contributed by atoms with Crippen molar-refractivity contribution in [2.75, 3.05) is 29.4 Å². The molecule has 1 aromatic carbocycles. The summed E-state index contributed by atoms with van der Waals surface area (Å²) >= 11 is 0.601. The minimum Gasteiger partial charge on any atom is -0.350 e. The lowest BCUT2D eigenvalue weighted by atomic mass is 10.1. The smallest absolute Gasteiger partial charge is 0.302 e. The fourth-order valence-corrected chi connectivity index (χ4v) is 9.00. The molecule has 2 fully saturated rings. The van der Waals surface area contributed by atoms with Crippen LogP contribution in [-0.4, -0.2) is 66.4 Å². The second-order valence-electron chi connectivity index (χ2n) is 10.2. The fourth-order valence-electron chi connectivity index (χ4n) is 4.97. The topological polar surface area (TPSA) is 118 Å². The van der Waals surface area contributed by atoms with Gasteiger partial charge in [-0.1, -0.05) is 0 Å². The summed E-state index contributed by atoms with van der Waals surface area (Å²) in [5, 5.41) is 3.29. The van der Waals surface area contributed by atoms with E-state index in [0.717, 1.165) is 29.8 Å². The monoisotopic (exact) mass is 630 g/mol. The third kappa shape index (κ3) is 4.35. The maximum atomic E-state index is 15.3. The number of sulfone groups is 1. The van der Waals surface area contributed by atoms with Crippen LogP contribution in [0.1, 0.15) is 26.7 Å². The van der Waals surface area contributed by atoms with Gasteiger partial charge in [-0.2, -0.15) is 8.42 Å². The molecule has 0 unspecified atom stereocenters. The Morgan fingerprint density at radius 1 is 0.976 bits per heavy atom. The highest BCUT2D eigenvalue weighted by Gasteiger charge is 2.53. The largest absolute Gasteiger partial charge is 0.350 e. The molecule has 4 heterocycles. The normalized spacial score (nSPS) is 17.2. The van der Waals surface area contributed by atoms with Crippen molar-refractivity contribution in [2.24, 2.45) is 0 Å². The van der Waals surface area contributed by atoms with Crippen LogP contribution in [0.25, 0.3) is 10.9 Å². The van der Waals surface area contributed by atoms with Gasteiger partial charge in [-0.25, -0.2) is 35.9 Å². The first-order valence-corrected chi connectivity index (χ1v) is 16.3. The van der Waals surface area contributed by atoms with Crippen LogP contribution in [0, 0.1) is 23.3 Å². The minimum atomic E-state index is -4.77. The summed E-state index contributed by atoms with van der Waals surface area (Å²) < 4.78 is 111. The molecular formula is C24H22F4N6O4S3. The first-order chi connectivity index (χ1) is 19.3. The number of anilines is 2. The molecule has 6 rings (SSSR count). The number of aromatic nitrogens is 4. The van der Waals surface area contributed by atoms with Crippen molar-refractivity contribution in [3.63, 3.8) is 0 Å². The molecule has 1 aliphatic carbocycles. The van der Waals surface area contributed by atoms with Crippen LogP contribution in [0.4, 0.5) is 29.2 Å². The number of pyridine rings is 1. The molecule has 0 atom stereocenters. The molecule has 218 valence electrons. The van der Waals surface area contributed by atoms with Crippen molar-refractivity contribution in [3.8, 4) is 0 Å². The quantitative estimate of drug-likeness (QED) is 0.294. The van der Waals surface area contributed by atoms with Crippen molar-refractivity contribution >= 4 is 53.7 Å². The van der Waals surface area contributed by atoms with Gasteiger partial charge >= 0.3 is 10.0 Å². The van der Waals surface area contributed by atoms with E-state index < -0.39 is 68.8 Å². The SMILES string of the molecule is CC(C)S(=O)(=O)c1nc(S(=O)(=O)n2nc(N3CCN(c4ncc(F)cc4F)CC34CC4)c3c(F)ccc(F)c32)cs1. The molecular weight excluding hydrogens is 608 g/mol. The highest BCUT2D eigenvalue weighted by atomic mass is 32.2. The van der Waals surface area contributed by atoms with Gasteiger partial charge in [-0.05, 0) is 38.8 Å². The number of nitrogens with zero attached hydrogens (tertiary/aromatic N) is 6. The van der Waals surface area contributed by atoms with E-state index in [2.05, 4.69) is 15.1 Å². The van der Waals surface area contributed by atoms with Gasteiger partial charge in [0, 0.05) is 31.1 Å².